The summed E-state index contributed by atoms with van der Waals surface area (Å²) in [6, 6.07) is 12.5. The van der Waals surface area contributed by atoms with Gasteiger partial charge in [0.25, 0.3) is 0 Å². The predicted molar refractivity (Wildman–Crippen MR) is 84.9 cm³/mol. The highest BCUT2D eigenvalue weighted by Crippen LogP contribution is 2.34. The van der Waals surface area contributed by atoms with Crippen molar-refractivity contribution < 1.29 is 0 Å². The lowest BCUT2D eigenvalue weighted by Gasteiger charge is -2.41. The molecule has 0 aromatic heterocycles. The highest BCUT2D eigenvalue weighted by Gasteiger charge is 2.36. The Labute approximate surface area is 123 Å². The third kappa shape index (κ3) is 3.62. The van der Waals surface area contributed by atoms with E-state index in [9.17, 15) is 0 Å². The van der Waals surface area contributed by atoms with Gasteiger partial charge in [-0.1, -0.05) is 43.7 Å². The van der Waals surface area contributed by atoms with E-state index in [4.69, 9.17) is 0 Å². The SMILES string of the molecule is CCCC1CNC(C2CC2)CN1CCc1ccccc1. The second kappa shape index (κ2) is 6.73. The molecule has 1 saturated carbocycles. The summed E-state index contributed by atoms with van der Waals surface area (Å²) in [6.07, 6.45) is 6.71. The molecule has 2 aliphatic rings. The molecule has 1 aliphatic heterocycles. The zero-order chi connectivity index (χ0) is 13.8. The first-order chi connectivity index (χ1) is 9.86. The van der Waals surface area contributed by atoms with Gasteiger partial charge in [-0.25, -0.2) is 0 Å². The summed E-state index contributed by atoms with van der Waals surface area (Å²) in [7, 11) is 0. The van der Waals surface area contributed by atoms with Crippen LogP contribution >= 0.6 is 0 Å². The highest BCUT2D eigenvalue weighted by molar-refractivity contribution is 5.15. The minimum atomic E-state index is 0.749. The smallest absolute Gasteiger partial charge is 0.0224 e. The average Bonchev–Trinajstić information content (AvgIpc) is 3.32. The fourth-order valence-electron chi connectivity index (χ4n) is 3.51. The van der Waals surface area contributed by atoms with Crippen LogP contribution in [0.3, 0.4) is 0 Å². The van der Waals surface area contributed by atoms with Gasteiger partial charge in [0.1, 0.15) is 0 Å². The van der Waals surface area contributed by atoms with E-state index in [-0.39, 0.29) is 0 Å². The quantitative estimate of drug-likeness (QED) is 0.856. The zero-order valence-corrected chi connectivity index (χ0v) is 12.7. The van der Waals surface area contributed by atoms with E-state index < -0.39 is 0 Å². The Hall–Kier alpha value is -0.860. The molecule has 110 valence electrons. The molecule has 1 aromatic carbocycles. The molecular formula is C18H28N2. The number of nitrogens with zero attached hydrogens (tertiary/aromatic N) is 1. The molecule has 0 spiro atoms. The van der Waals surface area contributed by atoms with Crippen molar-refractivity contribution >= 4 is 0 Å². The highest BCUT2D eigenvalue weighted by atomic mass is 15.2. The molecule has 2 heteroatoms. The van der Waals surface area contributed by atoms with Gasteiger partial charge in [-0.2, -0.15) is 0 Å². The van der Waals surface area contributed by atoms with E-state index in [2.05, 4.69) is 47.5 Å². The molecule has 0 radical (unpaired) electrons. The second-order valence-electron chi connectivity index (χ2n) is 6.53. The predicted octanol–water partition coefficient (Wildman–Crippen LogP) is 3.08. The number of hydrogen-bond acceptors (Lipinski definition) is 2. The number of piperazine rings is 1. The summed E-state index contributed by atoms with van der Waals surface area (Å²) in [6.45, 7) is 5.99. The molecule has 1 heterocycles. The maximum absolute atomic E-state index is 3.80. The van der Waals surface area contributed by atoms with Gasteiger partial charge in [-0.05, 0) is 37.2 Å². The maximum Gasteiger partial charge on any atom is 0.0224 e. The van der Waals surface area contributed by atoms with Crippen molar-refractivity contribution in [2.75, 3.05) is 19.6 Å². The van der Waals surface area contributed by atoms with E-state index in [1.165, 1.54) is 57.3 Å². The van der Waals surface area contributed by atoms with Crippen molar-refractivity contribution in [2.45, 2.75) is 51.1 Å². The van der Waals surface area contributed by atoms with E-state index in [1.807, 2.05) is 0 Å². The van der Waals surface area contributed by atoms with Crippen molar-refractivity contribution in [2.24, 2.45) is 5.92 Å². The van der Waals surface area contributed by atoms with Gasteiger partial charge in [0.2, 0.25) is 0 Å². The Morgan fingerprint density at radius 3 is 2.70 bits per heavy atom. The van der Waals surface area contributed by atoms with Crippen LogP contribution in [-0.2, 0) is 6.42 Å². The minimum absolute atomic E-state index is 0.749. The Kier molecular flexibility index (Phi) is 4.74. The van der Waals surface area contributed by atoms with Crippen LogP contribution in [0, 0.1) is 5.92 Å². The van der Waals surface area contributed by atoms with E-state index >= 15 is 0 Å². The van der Waals surface area contributed by atoms with E-state index in [1.54, 1.807) is 0 Å². The van der Waals surface area contributed by atoms with Crippen LogP contribution in [0.4, 0.5) is 0 Å². The molecule has 1 N–H and O–H groups in total. The van der Waals surface area contributed by atoms with Crippen molar-refractivity contribution in [3.63, 3.8) is 0 Å². The summed E-state index contributed by atoms with van der Waals surface area (Å²) >= 11 is 0. The standard InChI is InChI=1S/C18H28N2/c1-2-6-17-13-19-18(16-9-10-16)14-20(17)12-11-15-7-4-3-5-8-15/h3-5,7-8,16-19H,2,6,9-14H2,1H3. The monoisotopic (exact) mass is 272 g/mol. The largest absolute Gasteiger partial charge is 0.311 e. The lowest BCUT2D eigenvalue weighted by Crippen LogP contribution is -2.57. The molecule has 2 atom stereocenters. The van der Waals surface area contributed by atoms with Gasteiger partial charge in [-0.15, -0.1) is 0 Å². The molecule has 0 amide bonds. The lowest BCUT2D eigenvalue weighted by molar-refractivity contribution is 0.117. The Morgan fingerprint density at radius 2 is 2.00 bits per heavy atom. The summed E-state index contributed by atoms with van der Waals surface area (Å²) in [5.41, 5.74) is 1.48. The van der Waals surface area contributed by atoms with Gasteiger partial charge in [0, 0.05) is 31.7 Å². The summed E-state index contributed by atoms with van der Waals surface area (Å²) in [4.78, 5) is 2.76. The average molecular weight is 272 g/mol. The van der Waals surface area contributed by atoms with Gasteiger partial charge >= 0.3 is 0 Å². The van der Waals surface area contributed by atoms with Crippen molar-refractivity contribution in [1.29, 1.82) is 0 Å². The topological polar surface area (TPSA) is 15.3 Å². The number of benzene rings is 1. The second-order valence-corrected chi connectivity index (χ2v) is 6.53. The molecule has 0 bridgehead atoms. The zero-order valence-electron chi connectivity index (χ0n) is 12.7. The first-order valence-electron chi connectivity index (χ1n) is 8.38. The molecule has 2 fully saturated rings. The maximum atomic E-state index is 3.80. The molecule has 2 nitrogen and oxygen atoms in total. The van der Waals surface area contributed by atoms with Crippen molar-refractivity contribution in [3.8, 4) is 0 Å². The first kappa shape index (κ1) is 14.1. The first-order valence-corrected chi connectivity index (χ1v) is 8.38. The molecule has 1 saturated heterocycles. The number of rotatable bonds is 6. The Bertz CT molecular complexity index is 399. The minimum Gasteiger partial charge on any atom is -0.311 e. The van der Waals surface area contributed by atoms with Crippen LogP contribution in [0.15, 0.2) is 30.3 Å². The molecule has 20 heavy (non-hydrogen) atoms. The summed E-state index contributed by atoms with van der Waals surface area (Å²) in [5.74, 6) is 0.969. The molecule has 1 aliphatic carbocycles. The van der Waals surface area contributed by atoms with E-state index in [0.717, 1.165) is 18.0 Å². The van der Waals surface area contributed by atoms with E-state index in [0.29, 0.717) is 0 Å². The number of hydrogen-bond donors (Lipinski definition) is 1. The third-order valence-electron chi connectivity index (χ3n) is 4.91. The van der Waals surface area contributed by atoms with Crippen LogP contribution in [-0.4, -0.2) is 36.6 Å². The van der Waals surface area contributed by atoms with Gasteiger partial charge in [0.05, 0.1) is 0 Å². The normalized spacial score (nSPS) is 27.6. The molecule has 3 rings (SSSR count). The van der Waals surface area contributed by atoms with Crippen LogP contribution in [0.1, 0.15) is 38.2 Å². The van der Waals surface area contributed by atoms with Gasteiger partial charge in [-0.3, -0.25) is 4.90 Å². The fourth-order valence-corrected chi connectivity index (χ4v) is 3.51. The summed E-state index contributed by atoms with van der Waals surface area (Å²) < 4.78 is 0. The van der Waals surface area contributed by atoms with Crippen LogP contribution < -0.4 is 5.32 Å². The van der Waals surface area contributed by atoms with Crippen LogP contribution in [0.5, 0.6) is 0 Å². The fraction of sp³-hybridized carbons (Fsp3) is 0.667. The molecule has 2 unspecified atom stereocenters. The van der Waals surface area contributed by atoms with Crippen LogP contribution in [0.2, 0.25) is 0 Å². The Morgan fingerprint density at radius 1 is 1.20 bits per heavy atom. The third-order valence-corrected chi connectivity index (χ3v) is 4.91. The van der Waals surface area contributed by atoms with Crippen LogP contribution in [0.25, 0.3) is 0 Å². The van der Waals surface area contributed by atoms with Gasteiger partial charge < -0.3 is 5.32 Å². The number of nitrogens with one attached hydrogen (secondary N) is 1. The summed E-state index contributed by atoms with van der Waals surface area (Å²) in [5, 5.41) is 3.80. The molecular weight excluding hydrogens is 244 g/mol. The van der Waals surface area contributed by atoms with Crippen molar-refractivity contribution in [3.05, 3.63) is 35.9 Å². The lowest BCUT2D eigenvalue weighted by atomic mass is 10.0. The van der Waals surface area contributed by atoms with Gasteiger partial charge in [0.15, 0.2) is 0 Å². The Balaban J connectivity index is 1.57. The molecule has 1 aromatic rings. The van der Waals surface area contributed by atoms with Crippen molar-refractivity contribution in [1.82, 2.24) is 10.2 Å².